The highest BCUT2D eigenvalue weighted by molar-refractivity contribution is 6.31. The van der Waals surface area contributed by atoms with Gasteiger partial charge in [-0.1, -0.05) is 11.6 Å². The van der Waals surface area contributed by atoms with Crippen LogP contribution in [0.3, 0.4) is 0 Å². The van der Waals surface area contributed by atoms with Crippen molar-refractivity contribution in [1.29, 1.82) is 0 Å². The smallest absolute Gasteiger partial charge is 0.408 e. The second kappa shape index (κ2) is 10.8. The van der Waals surface area contributed by atoms with Crippen molar-refractivity contribution in [3.05, 3.63) is 75.8 Å². The van der Waals surface area contributed by atoms with Crippen molar-refractivity contribution in [2.45, 2.75) is 51.0 Å². The predicted molar refractivity (Wildman–Crippen MR) is 129 cm³/mol. The molecule has 1 saturated heterocycles. The number of carbonyl (C=O) groups excluding carboxylic acids is 2. The predicted octanol–water partition coefficient (Wildman–Crippen LogP) is 5.07. The quantitative estimate of drug-likeness (QED) is 0.459. The number of anilines is 1. The third kappa shape index (κ3) is 5.57. The number of nitrogens with one attached hydrogen (secondary N) is 2. The molecule has 194 valence electrons. The fourth-order valence-electron chi connectivity index (χ4n) is 4.61. The molecule has 1 aromatic heterocycles. The van der Waals surface area contributed by atoms with Crippen molar-refractivity contribution in [2.24, 2.45) is 0 Å². The van der Waals surface area contributed by atoms with Gasteiger partial charge in [0.05, 0.1) is 11.1 Å². The van der Waals surface area contributed by atoms with E-state index in [9.17, 15) is 18.4 Å². The van der Waals surface area contributed by atoms with Gasteiger partial charge >= 0.3 is 6.09 Å². The van der Waals surface area contributed by atoms with E-state index in [-0.39, 0.29) is 29.0 Å². The Bertz CT molecular complexity index is 1330. The number of nitrogens with zero attached hydrogens (tertiary/aromatic N) is 3. The van der Waals surface area contributed by atoms with E-state index in [1.54, 1.807) is 11.0 Å². The van der Waals surface area contributed by atoms with Crippen LogP contribution in [0.5, 0.6) is 0 Å². The number of alkyl carbamates (subject to hydrolysis) is 1. The molecule has 2 amide bonds. The van der Waals surface area contributed by atoms with E-state index in [2.05, 4.69) is 20.7 Å². The Morgan fingerprint density at radius 3 is 2.78 bits per heavy atom. The highest BCUT2D eigenvalue weighted by Gasteiger charge is 2.31. The number of hydrogen-bond donors (Lipinski definition) is 2. The van der Waals surface area contributed by atoms with Crippen molar-refractivity contribution in [2.75, 3.05) is 11.9 Å². The number of halogens is 3. The molecule has 5 rings (SSSR count). The van der Waals surface area contributed by atoms with Gasteiger partial charge in [0.2, 0.25) is 0 Å². The van der Waals surface area contributed by atoms with Crippen LogP contribution in [0.2, 0.25) is 5.02 Å². The molecule has 1 aliphatic heterocycles. The van der Waals surface area contributed by atoms with E-state index in [4.69, 9.17) is 21.1 Å². The molecule has 12 heteroatoms. The molecule has 0 spiro atoms. The van der Waals surface area contributed by atoms with Gasteiger partial charge < -0.3 is 20.1 Å². The molecule has 0 radical (unpaired) electrons. The van der Waals surface area contributed by atoms with Gasteiger partial charge in [-0.3, -0.25) is 4.79 Å². The average Bonchev–Trinajstić information content (AvgIpc) is 3.54. The van der Waals surface area contributed by atoms with Crippen LogP contribution in [0.15, 0.2) is 36.7 Å². The first-order valence-electron chi connectivity index (χ1n) is 11.9. The van der Waals surface area contributed by atoms with Crippen LogP contribution in [0.1, 0.15) is 65.3 Å². The highest BCUT2D eigenvalue weighted by Crippen LogP contribution is 2.36. The summed E-state index contributed by atoms with van der Waals surface area (Å²) in [7, 11) is 0. The Kier molecular flexibility index (Phi) is 7.33. The molecule has 1 fully saturated rings. The van der Waals surface area contributed by atoms with Crippen LogP contribution < -0.4 is 10.6 Å². The third-order valence-electron chi connectivity index (χ3n) is 6.39. The molecular weight excluding hydrogens is 508 g/mol. The number of carbonyl (C=O) groups is 2. The summed E-state index contributed by atoms with van der Waals surface area (Å²) in [5.41, 5.74) is 1.29. The summed E-state index contributed by atoms with van der Waals surface area (Å²) in [6.07, 6.45) is 4.28. The molecule has 1 unspecified atom stereocenters. The first kappa shape index (κ1) is 25.1. The van der Waals surface area contributed by atoms with Crippen LogP contribution >= 0.6 is 11.6 Å². The maximum atomic E-state index is 14.8. The topological polar surface area (TPSA) is 107 Å². The summed E-state index contributed by atoms with van der Waals surface area (Å²) in [6.45, 7) is 0.512. The SMILES string of the molecule is O=C(N[C@H]1CCc2c(C(=O)Nc3ccc(F)c(Cl)c3)ccc(F)c21)OCc1ncn(C2CCCCO2)n1. The van der Waals surface area contributed by atoms with Crippen molar-refractivity contribution >= 4 is 29.3 Å². The molecule has 1 aliphatic carbocycles. The molecule has 37 heavy (non-hydrogen) atoms. The molecule has 2 atom stereocenters. The van der Waals surface area contributed by atoms with E-state index in [0.29, 0.717) is 36.5 Å². The van der Waals surface area contributed by atoms with Gasteiger partial charge in [0, 0.05) is 23.4 Å². The zero-order chi connectivity index (χ0) is 25.9. The lowest BCUT2D eigenvalue weighted by Crippen LogP contribution is -2.28. The normalized spacial score (nSPS) is 18.8. The summed E-state index contributed by atoms with van der Waals surface area (Å²) < 4.78 is 40.7. The first-order valence-corrected chi connectivity index (χ1v) is 12.3. The minimum absolute atomic E-state index is 0.130. The lowest BCUT2D eigenvalue weighted by atomic mass is 10.0. The summed E-state index contributed by atoms with van der Waals surface area (Å²) >= 11 is 5.78. The van der Waals surface area contributed by atoms with Gasteiger partial charge in [0.1, 0.15) is 18.0 Å². The average molecular weight is 532 g/mol. The molecule has 3 aromatic rings. The minimum Gasteiger partial charge on any atom is -0.441 e. The van der Waals surface area contributed by atoms with Crippen molar-refractivity contribution < 1.29 is 27.8 Å². The van der Waals surface area contributed by atoms with Crippen LogP contribution in [0.4, 0.5) is 19.3 Å². The maximum absolute atomic E-state index is 14.8. The van der Waals surface area contributed by atoms with E-state index in [0.717, 1.165) is 25.3 Å². The number of rotatable bonds is 6. The lowest BCUT2D eigenvalue weighted by Gasteiger charge is -2.21. The van der Waals surface area contributed by atoms with Gasteiger partial charge in [-0.15, -0.1) is 0 Å². The van der Waals surface area contributed by atoms with E-state index in [1.165, 1.54) is 24.3 Å². The minimum atomic E-state index is -0.752. The van der Waals surface area contributed by atoms with E-state index < -0.39 is 29.7 Å². The van der Waals surface area contributed by atoms with Gasteiger partial charge in [-0.2, -0.15) is 5.10 Å². The Morgan fingerprint density at radius 1 is 1.16 bits per heavy atom. The molecule has 9 nitrogen and oxygen atoms in total. The van der Waals surface area contributed by atoms with Crippen molar-refractivity contribution in [3.63, 3.8) is 0 Å². The number of hydrogen-bond acceptors (Lipinski definition) is 6. The monoisotopic (exact) mass is 531 g/mol. The van der Waals surface area contributed by atoms with E-state index >= 15 is 0 Å². The highest BCUT2D eigenvalue weighted by atomic mass is 35.5. The van der Waals surface area contributed by atoms with Crippen LogP contribution in [-0.2, 0) is 22.5 Å². The largest absolute Gasteiger partial charge is 0.441 e. The summed E-state index contributed by atoms with van der Waals surface area (Å²) in [4.78, 5) is 29.5. The number of amides is 2. The van der Waals surface area contributed by atoms with Crippen LogP contribution in [0, 0.1) is 11.6 Å². The second-order valence-corrected chi connectivity index (χ2v) is 9.25. The standard InChI is InChI=1S/C25H24ClF2N5O4/c26-17-11-14(4-7-18(17)27)30-24(34)16-5-8-19(28)23-15(16)6-9-20(23)31-25(35)37-12-21-29-13-33(32-21)22-3-1-2-10-36-22/h4-5,7-8,11,13,20,22H,1-3,6,9-10,12H2,(H,30,34)(H,31,35)/t20-,22?/m0/s1. The Morgan fingerprint density at radius 2 is 2.00 bits per heavy atom. The molecule has 2 heterocycles. The molecule has 0 bridgehead atoms. The zero-order valence-corrected chi connectivity index (χ0v) is 20.4. The van der Waals surface area contributed by atoms with Crippen LogP contribution in [-0.4, -0.2) is 33.4 Å². The summed E-state index contributed by atoms with van der Waals surface area (Å²) in [6, 6.07) is 5.70. The zero-order valence-electron chi connectivity index (χ0n) is 19.7. The van der Waals surface area contributed by atoms with Gasteiger partial charge in [-0.25, -0.2) is 23.2 Å². The fourth-order valence-corrected chi connectivity index (χ4v) is 4.79. The molecule has 0 saturated carbocycles. The van der Waals surface area contributed by atoms with Crippen LogP contribution in [0.25, 0.3) is 0 Å². The third-order valence-corrected chi connectivity index (χ3v) is 6.68. The number of aromatic nitrogens is 3. The number of benzene rings is 2. The molecule has 2 aliphatic rings. The Balaban J connectivity index is 1.22. The Labute approximate surface area is 216 Å². The van der Waals surface area contributed by atoms with Crippen molar-refractivity contribution in [1.82, 2.24) is 20.1 Å². The van der Waals surface area contributed by atoms with Gasteiger partial charge in [0.15, 0.2) is 18.7 Å². The first-order chi connectivity index (χ1) is 17.9. The lowest BCUT2D eigenvalue weighted by molar-refractivity contribution is -0.0400. The van der Waals surface area contributed by atoms with Gasteiger partial charge in [0.25, 0.3) is 5.91 Å². The van der Waals surface area contributed by atoms with Crippen molar-refractivity contribution in [3.8, 4) is 0 Å². The molecular formula is C25H24ClF2N5O4. The Hall–Kier alpha value is -3.57. The molecule has 2 N–H and O–H groups in total. The number of ether oxygens (including phenoxy) is 2. The van der Waals surface area contributed by atoms with Gasteiger partial charge in [-0.05, 0) is 68.0 Å². The summed E-state index contributed by atoms with van der Waals surface area (Å²) in [5, 5.41) is 9.49. The number of fused-ring (bicyclic) bond motifs is 1. The molecule has 2 aromatic carbocycles. The van der Waals surface area contributed by atoms with E-state index in [1.807, 2.05) is 0 Å². The fraction of sp³-hybridized carbons (Fsp3) is 0.360. The maximum Gasteiger partial charge on any atom is 0.408 e. The second-order valence-electron chi connectivity index (χ2n) is 8.84. The summed E-state index contributed by atoms with van der Waals surface area (Å²) in [5.74, 6) is -1.31.